The number of carbonyl (C=O) groups is 2. The zero-order valence-corrected chi connectivity index (χ0v) is 16.2. The summed E-state index contributed by atoms with van der Waals surface area (Å²) in [5.41, 5.74) is 0.957. The highest BCUT2D eigenvalue weighted by atomic mass is 16.4. The van der Waals surface area contributed by atoms with Gasteiger partial charge in [0, 0.05) is 30.9 Å². The van der Waals surface area contributed by atoms with E-state index in [2.05, 4.69) is 4.90 Å². The molecule has 1 aliphatic rings. The van der Waals surface area contributed by atoms with Crippen molar-refractivity contribution in [2.24, 2.45) is 5.92 Å². The number of carboxylic acids is 1. The van der Waals surface area contributed by atoms with Crippen molar-refractivity contribution in [2.45, 2.75) is 38.5 Å². The molecule has 1 saturated carbocycles. The Balaban J connectivity index is 1.73. The van der Waals surface area contributed by atoms with Crippen molar-refractivity contribution in [1.29, 1.82) is 0 Å². The summed E-state index contributed by atoms with van der Waals surface area (Å²) in [6.07, 6.45) is 7.73. The Kier molecular flexibility index (Phi) is 6.34. The van der Waals surface area contributed by atoms with Crippen LogP contribution >= 0.6 is 0 Å². The molecule has 148 valence electrons. The van der Waals surface area contributed by atoms with Gasteiger partial charge in [-0.25, -0.2) is 4.79 Å². The number of aromatic hydroxyl groups is 1. The summed E-state index contributed by atoms with van der Waals surface area (Å²) < 4.78 is 0. The highest BCUT2D eigenvalue weighted by molar-refractivity contribution is 6.15. The molecule has 0 spiro atoms. The number of phenols is 1. The van der Waals surface area contributed by atoms with Gasteiger partial charge in [0.15, 0.2) is 5.78 Å². The number of aromatic carboxylic acids is 1. The Morgan fingerprint density at radius 3 is 2.32 bits per heavy atom. The predicted octanol–water partition coefficient (Wildman–Crippen LogP) is 4.73. The van der Waals surface area contributed by atoms with E-state index >= 15 is 0 Å². The molecule has 1 fully saturated rings. The minimum absolute atomic E-state index is 0.0689. The lowest BCUT2D eigenvalue weighted by Gasteiger charge is -2.26. The Labute approximate surface area is 165 Å². The first-order valence-corrected chi connectivity index (χ1v) is 9.88. The minimum Gasteiger partial charge on any atom is -0.507 e. The van der Waals surface area contributed by atoms with E-state index in [1.54, 1.807) is 30.3 Å². The van der Waals surface area contributed by atoms with Gasteiger partial charge < -0.3 is 15.1 Å². The average Bonchev–Trinajstić information content (AvgIpc) is 2.72. The third-order valence-corrected chi connectivity index (χ3v) is 5.67. The molecule has 5 heteroatoms. The van der Waals surface area contributed by atoms with Gasteiger partial charge in [-0.1, -0.05) is 50.3 Å². The molecular weight excluding hydrogens is 354 g/mol. The highest BCUT2D eigenvalue weighted by Gasteiger charge is 2.21. The van der Waals surface area contributed by atoms with E-state index in [4.69, 9.17) is 0 Å². The summed E-state index contributed by atoms with van der Waals surface area (Å²) in [5.74, 6) is -1.01. The molecule has 1 aliphatic carbocycles. The van der Waals surface area contributed by atoms with Crippen LogP contribution in [0.15, 0.2) is 42.5 Å². The van der Waals surface area contributed by atoms with E-state index in [0.717, 1.165) is 24.6 Å². The smallest absolute Gasteiger partial charge is 0.336 e. The SMILES string of the molecule is CN(CCC1CCCCC1)c1ccc(C(=O)c2ccccc2C(=O)O)c(O)c1. The molecule has 2 N–H and O–H groups in total. The summed E-state index contributed by atoms with van der Waals surface area (Å²) in [6.45, 7) is 0.902. The number of carboxylic acid groups (broad SMARTS) is 1. The van der Waals surface area contributed by atoms with Crippen LogP contribution in [0.4, 0.5) is 5.69 Å². The number of hydrogen-bond donors (Lipinski definition) is 2. The summed E-state index contributed by atoms with van der Waals surface area (Å²) in [6, 6.07) is 11.0. The number of nitrogens with zero attached hydrogens (tertiary/aromatic N) is 1. The Hall–Kier alpha value is -2.82. The van der Waals surface area contributed by atoms with Gasteiger partial charge in [0.05, 0.1) is 11.1 Å². The first kappa shape index (κ1) is 19.9. The van der Waals surface area contributed by atoms with Crippen LogP contribution in [-0.2, 0) is 0 Å². The molecule has 3 rings (SSSR count). The molecule has 0 saturated heterocycles. The third-order valence-electron chi connectivity index (χ3n) is 5.67. The maximum absolute atomic E-state index is 12.8. The molecular formula is C23H27NO4. The molecule has 0 amide bonds. The van der Waals surface area contributed by atoms with Gasteiger partial charge >= 0.3 is 5.97 Å². The van der Waals surface area contributed by atoms with Crippen molar-refractivity contribution in [3.8, 4) is 5.75 Å². The number of carbonyl (C=O) groups excluding carboxylic acids is 1. The van der Waals surface area contributed by atoms with Gasteiger partial charge in [-0.3, -0.25) is 4.79 Å². The van der Waals surface area contributed by atoms with Crippen LogP contribution in [0.25, 0.3) is 0 Å². The van der Waals surface area contributed by atoms with E-state index in [-0.39, 0.29) is 22.4 Å². The fourth-order valence-electron chi connectivity index (χ4n) is 3.94. The molecule has 0 radical (unpaired) electrons. The second-order valence-electron chi connectivity index (χ2n) is 7.60. The zero-order chi connectivity index (χ0) is 20.1. The molecule has 0 unspecified atom stereocenters. The van der Waals surface area contributed by atoms with Gasteiger partial charge in [0.2, 0.25) is 0 Å². The predicted molar refractivity (Wildman–Crippen MR) is 109 cm³/mol. The molecule has 2 aromatic carbocycles. The van der Waals surface area contributed by atoms with Gasteiger partial charge in [-0.05, 0) is 30.5 Å². The van der Waals surface area contributed by atoms with Crippen LogP contribution in [0.1, 0.15) is 64.8 Å². The van der Waals surface area contributed by atoms with Crippen LogP contribution in [0.3, 0.4) is 0 Å². The van der Waals surface area contributed by atoms with Crippen molar-refractivity contribution in [2.75, 3.05) is 18.5 Å². The number of rotatable bonds is 7. The summed E-state index contributed by atoms with van der Waals surface area (Å²) in [7, 11) is 1.98. The Morgan fingerprint density at radius 2 is 1.68 bits per heavy atom. The van der Waals surface area contributed by atoms with Crippen LogP contribution in [0.2, 0.25) is 0 Å². The Bertz CT molecular complexity index is 855. The number of phenolic OH excluding ortho intramolecular Hbond substituents is 1. The molecule has 2 aromatic rings. The van der Waals surface area contributed by atoms with E-state index in [1.165, 1.54) is 44.2 Å². The minimum atomic E-state index is -1.16. The monoisotopic (exact) mass is 381 g/mol. The van der Waals surface area contributed by atoms with Crippen molar-refractivity contribution < 1.29 is 19.8 Å². The average molecular weight is 381 g/mol. The lowest BCUT2D eigenvalue weighted by molar-refractivity contribution is 0.0692. The molecule has 0 aliphatic heterocycles. The molecule has 0 atom stereocenters. The number of ketones is 1. The zero-order valence-electron chi connectivity index (χ0n) is 16.2. The fraction of sp³-hybridized carbons (Fsp3) is 0.391. The number of hydrogen-bond acceptors (Lipinski definition) is 4. The summed E-state index contributed by atoms with van der Waals surface area (Å²) in [4.78, 5) is 26.2. The van der Waals surface area contributed by atoms with Crippen LogP contribution in [-0.4, -0.2) is 35.6 Å². The largest absolute Gasteiger partial charge is 0.507 e. The standard InChI is InChI=1S/C23H27NO4/c1-24(14-13-16-7-3-2-4-8-16)17-11-12-20(21(25)15-17)22(26)18-9-5-6-10-19(18)23(27)28/h5-6,9-12,15-16,25H,2-4,7-8,13-14H2,1H3,(H,27,28). The van der Waals surface area contributed by atoms with Crippen molar-refractivity contribution >= 4 is 17.4 Å². The van der Waals surface area contributed by atoms with Gasteiger partial charge in [0.1, 0.15) is 5.75 Å². The normalized spacial score (nSPS) is 14.6. The lowest BCUT2D eigenvalue weighted by Crippen LogP contribution is -2.22. The maximum atomic E-state index is 12.8. The molecule has 5 nitrogen and oxygen atoms in total. The van der Waals surface area contributed by atoms with Crippen LogP contribution < -0.4 is 4.90 Å². The van der Waals surface area contributed by atoms with Crippen molar-refractivity contribution in [3.63, 3.8) is 0 Å². The third kappa shape index (κ3) is 4.53. The topological polar surface area (TPSA) is 77.8 Å². The molecule has 28 heavy (non-hydrogen) atoms. The second kappa shape index (κ2) is 8.91. The van der Waals surface area contributed by atoms with Gasteiger partial charge in [-0.2, -0.15) is 0 Å². The highest BCUT2D eigenvalue weighted by Crippen LogP contribution is 2.29. The van der Waals surface area contributed by atoms with Crippen molar-refractivity contribution in [1.82, 2.24) is 0 Å². The van der Waals surface area contributed by atoms with E-state index < -0.39 is 11.8 Å². The van der Waals surface area contributed by atoms with Crippen LogP contribution in [0.5, 0.6) is 5.75 Å². The molecule has 0 bridgehead atoms. The molecule has 0 heterocycles. The number of anilines is 1. The first-order valence-electron chi connectivity index (χ1n) is 9.88. The van der Waals surface area contributed by atoms with Crippen LogP contribution in [0, 0.1) is 5.92 Å². The Morgan fingerprint density at radius 1 is 1.00 bits per heavy atom. The van der Waals surface area contributed by atoms with Gasteiger partial charge in [0.25, 0.3) is 0 Å². The fourth-order valence-corrected chi connectivity index (χ4v) is 3.94. The van der Waals surface area contributed by atoms with Crippen molar-refractivity contribution in [3.05, 3.63) is 59.2 Å². The second-order valence-corrected chi connectivity index (χ2v) is 7.60. The maximum Gasteiger partial charge on any atom is 0.336 e. The lowest BCUT2D eigenvalue weighted by atomic mass is 9.87. The quantitative estimate of drug-likeness (QED) is 0.678. The van der Waals surface area contributed by atoms with E-state index in [9.17, 15) is 19.8 Å². The summed E-state index contributed by atoms with van der Waals surface area (Å²) >= 11 is 0. The molecule has 0 aromatic heterocycles. The first-order chi connectivity index (χ1) is 13.5. The summed E-state index contributed by atoms with van der Waals surface area (Å²) in [5, 5.41) is 19.7. The number of benzene rings is 2. The van der Waals surface area contributed by atoms with E-state index in [0.29, 0.717) is 0 Å². The van der Waals surface area contributed by atoms with Gasteiger partial charge in [-0.15, -0.1) is 0 Å². The van der Waals surface area contributed by atoms with E-state index in [1.807, 2.05) is 7.05 Å².